The predicted octanol–water partition coefficient (Wildman–Crippen LogP) is 0.322. The number of aromatic nitrogens is 3. The van der Waals surface area contributed by atoms with Crippen molar-refractivity contribution in [1.82, 2.24) is 20.3 Å². The molecule has 7 nitrogen and oxygen atoms in total. The number of rotatable bonds is 6. The number of primary amides is 1. The Labute approximate surface area is 115 Å². The van der Waals surface area contributed by atoms with E-state index >= 15 is 0 Å². The zero-order valence-electron chi connectivity index (χ0n) is 10.8. The van der Waals surface area contributed by atoms with Gasteiger partial charge in [-0.1, -0.05) is 30.3 Å². The van der Waals surface area contributed by atoms with Gasteiger partial charge in [0.1, 0.15) is 0 Å². The van der Waals surface area contributed by atoms with Gasteiger partial charge in [0.05, 0.1) is 6.20 Å². The van der Waals surface area contributed by atoms with Crippen molar-refractivity contribution in [2.45, 2.75) is 13.0 Å². The molecule has 0 bridgehead atoms. The van der Waals surface area contributed by atoms with Gasteiger partial charge in [0, 0.05) is 19.5 Å². The van der Waals surface area contributed by atoms with Crippen LogP contribution in [0.4, 0.5) is 0 Å². The molecule has 0 radical (unpaired) electrons. The summed E-state index contributed by atoms with van der Waals surface area (Å²) in [5, 5.41) is 9.77. The molecule has 0 aliphatic carbocycles. The van der Waals surface area contributed by atoms with Crippen LogP contribution in [-0.4, -0.2) is 38.7 Å². The smallest absolute Gasteiger partial charge is 0.276 e. The quantitative estimate of drug-likeness (QED) is 0.790. The molecule has 0 atom stereocenters. The lowest BCUT2D eigenvalue weighted by Crippen LogP contribution is -2.33. The highest BCUT2D eigenvalue weighted by Crippen LogP contribution is 2.08. The van der Waals surface area contributed by atoms with Crippen LogP contribution in [-0.2, 0) is 11.3 Å². The Bertz CT molecular complexity index is 568. The van der Waals surface area contributed by atoms with Gasteiger partial charge in [-0.3, -0.25) is 9.59 Å². The van der Waals surface area contributed by atoms with E-state index in [-0.39, 0.29) is 24.6 Å². The highest BCUT2D eigenvalue weighted by molar-refractivity contribution is 5.92. The van der Waals surface area contributed by atoms with Crippen LogP contribution in [0.1, 0.15) is 22.5 Å². The minimum atomic E-state index is -0.448. The van der Waals surface area contributed by atoms with Gasteiger partial charge in [0.25, 0.3) is 5.91 Å². The second-order valence-electron chi connectivity index (χ2n) is 4.28. The number of aromatic amines is 1. The number of hydrogen-bond donors (Lipinski definition) is 2. The topological polar surface area (TPSA) is 105 Å². The van der Waals surface area contributed by atoms with Gasteiger partial charge in [0.15, 0.2) is 5.69 Å². The van der Waals surface area contributed by atoms with Gasteiger partial charge in [-0.05, 0) is 5.56 Å². The molecule has 2 amide bonds. The first-order valence-corrected chi connectivity index (χ1v) is 6.14. The zero-order chi connectivity index (χ0) is 14.4. The van der Waals surface area contributed by atoms with Crippen LogP contribution >= 0.6 is 0 Å². The third kappa shape index (κ3) is 3.64. The van der Waals surface area contributed by atoms with E-state index in [9.17, 15) is 9.59 Å². The fourth-order valence-electron chi connectivity index (χ4n) is 1.77. The summed E-state index contributed by atoms with van der Waals surface area (Å²) in [6, 6.07) is 9.50. The number of benzene rings is 1. The van der Waals surface area contributed by atoms with E-state index in [1.807, 2.05) is 30.3 Å². The number of H-pyrrole nitrogens is 1. The Hall–Kier alpha value is -2.70. The molecule has 0 fully saturated rings. The van der Waals surface area contributed by atoms with Crippen molar-refractivity contribution in [1.29, 1.82) is 0 Å². The van der Waals surface area contributed by atoms with Crippen molar-refractivity contribution in [3.8, 4) is 0 Å². The van der Waals surface area contributed by atoms with Crippen LogP contribution in [0, 0.1) is 0 Å². The van der Waals surface area contributed by atoms with Crippen LogP contribution in [0.2, 0.25) is 0 Å². The molecule has 0 unspecified atom stereocenters. The summed E-state index contributed by atoms with van der Waals surface area (Å²) in [6.45, 7) is 0.635. The number of hydrogen-bond acceptors (Lipinski definition) is 4. The highest BCUT2D eigenvalue weighted by atomic mass is 16.2. The molecule has 2 aromatic rings. The predicted molar refractivity (Wildman–Crippen MR) is 71.4 cm³/mol. The number of nitrogens with one attached hydrogen (secondary N) is 1. The average molecular weight is 273 g/mol. The third-order valence-electron chi connectivity index (χ3n) is 2.77. The standard InChI is InChI=1S/C13H15N5O2/c14-12(19)6-7-18(9-10-4-2-1-3-5-10)13(20)11-8-15-17-16-11/h1-5,8H,6-7,9H2,(H2,14,19)(H,15,16,17). The normalized spacial score (nSPS) is 10.2. The summed E-state index contributed by atoms with van der Waals surface area (Å²) in [6.07, 6.45) is 1.46. The second-order valence-corrected chi connectivity index (χ2v) is 4.28. The second kappa shape index (κ2) is 6.46. The van der Waals surface area contributed by atoms with E-state index in [4.69, 9.17) is 5.73 Å². The molecule has 1 heterocycles. The van der Waals surface area contributed by atoms with Crippen LogP contribution in [0.3, 0.4) is 0 Å². The van der Waals surface area contributed by atoms with Crippen molar-refractivity contribution >= 4 is 11.8 Å². The fourth-order valence-corrected chi connectivity index (χ4v) is 1.77. The Morgan fingerprint density at radius 1 is 1.25 bits per heavy atom. The zero-order valence-corrected chi connectivity index (χ0v) is 10.8. The van der Waals surface area contributed by atoms with Gasteiger partial charge in [-0.15, -0.1) is 0 Å². The number of amides is 2. The Balaban J connectivity index is 2.12. The van der Waals surface area contributed by atoms with Crippen LogP contribution in [0.15, 0.2) is 36.5 Å². The monoisotopic (exact) mass is 273 g/mol. The number of nitrogens with two attached hydrogens (primary N) is 1. The maximum absolute atomic E-state index is 12.3. The van der Waals surface area contributed by atoms with E-state index in [0.717, 1.165) is 5.56 Å². The van der Waals surface area contributed by atoms with E-state index in [1.54, 1.807) is 0 Å². The first-order valence-electron chi connectivity index (χ1n) is 6.14. The molecule has 3 N–H and O–H groups in total. The summed E-state index contributed by atoms with van der Waals surface area (Å²) in [5.74, 6) is -0.736. The van der Waals surface area contributed by atoms with Gasteiger partial charge >= 0.3 is 0 Å². The maximum atomic E-state index is 12.3. The molecule has 7 heteroatoms. The molecule has 104 valence electrons. The molecule has 0 aliphatic heterocycles. The molecular weight excluding hydrogens is 258 g/mol. The fraction of sp³-hybridized carbons (Fsp3) is 0.231. The molecule has 1 aromatic carbocycles. The van der Waals surface area contributed by atoms with Gasteiger partial charge in [-0.2, -0.15) is 15.4 Å². The van der Waals surface area contributed by atoms with Crippen molar-refractivity contribution in [2.24, 2.45) is 5.73 Å². The lowest BCUT2D eigenvalue weighted by atomic mass is 10.2. The molecular formula is C13H15N5O2. The molecule has 1 aromatic heterocycles. The molecule has 0 aliphatic rings. The van der Waals surface area contributed by atoms with Crippen LogP contribution < -0.4 is 5.73 Å². The van der Waals surface area contributed by atoms with E-state index in [2.05, 4.69) is 15.4 Å². The van der Waals surface area contributed by atoms with E-state index in [1.165, 1.54) is 11.1 Å². The van der Waals surface area contributed by atoms with Gasteiger partial charge in [0.2, 0.25) is 5.91 Å². The average Bonchev–Trinajstić information content (AvgIpc) is 2.97. The number of nitrogens with zero attached hydrogens (tertiary/aromatic N) is 3. The lowest BCUT2D eigenvalue weighted by Gasteiger charge is -2.21. The molecule has 2 rings (SSSR count). The largest absolute Gasteiger partial charge is 0.370 e. The Morgan fingerprint density at radius 3 is 2.60 bits per heavy atom. The molecule has 0 saturated heterocycles. The van der Waals surface area contributed by atoms with E-state index < -0.39 is 5.91 Å². The molecule has 0 saturated carbocycles. The maximum Gasteiger partial charge on any atom is 0.276 e. The highest BCUT2D eigenvalue weighted by Gasteiger charge is 2.18. The summed E-state index contributed by atoms with van der Waals surface area (Å²) in [5.41, 5.74) is 6.32. The summed E-state index contributed by atoms with van der Waals surface area (Å²) in [4.78, 5) is 24.7. The van der Waals surface area contributed by atoms with Crippen molar-refractivity contribution < 1.29 is 9.59 Å². The minimum absolute atomic E-state index is 0.108. The summed E-state index contributed by atoms with van der Waals surface area (Å²) in [7, 11) is 0. The molecule has 0 spiro atoms. The first-order chi connectivity index (χ1) is 9.66. The lowest BCUT2D eigenvalue weighted by molar-refractivity contribution is -0.118. The number of carbonyl (C=O) groups is 2. The van der Waals surface area contributed by atoms with Crippen LogP contribution in [0.25, 0.3) is 0 Å². The van der Waals surface area contributed by atoms with Gasteiger partial charge < -0.3 is 10.6 Å². The van der Waals surface area contributed by atoms with Gasteiger partial charge in [-0.25, -0.2) is 0 Å². The van der Waals surface area contributed by atoms with E-state index in [0.29, 0.717) is 6.54 Å². The summed E-state index contributed by atoms with van der Waals surface area (Å²) < 4.78 is 0. The third-order valence-corrected chi connectivity index (χ3v) is 2.77. The van der Waals surface area contributed by atoms with Crippen molar-refractivity contribution in [2.75, 3.05) is 6.54 Å². The molecule has 20 heavy (non-hydrogen) atoms. The SMILES string of the molecule is NC(=O)CCN(Cc1ccccc1)C(=O)c1cn[nH]n1. The van der Waals surface area contributed by atoms with Crippen molar-refractivity contribution in [3.05, 3.63) is 47.8 Å². The first kappa shape index (κ1) is 13.7. The minimum Gasteiger partial charge on any atom is -0.370 e. The number of carbonyl (C=O) groups excluding carboxylic acids is 2. The van der Waals surface area contributed by atoms with Crippen molar-refractivity contribution in [3.63, 3.8) is 0 Å². The Kier molecular flexibility index (Phi) is 4.43. The summed E-state index contributed by atoms with van der Waals surface area (Å²) >= 11 is 0. The Morgan fingerprint density at radius 2 is 2.00 bits per heavy atom. The van der Waals surface area contributed by atoms with Crippen LogP contribution in [0.5, 0.6) is 0 Å².